The van der Waals surface area contributed by atoms with Crippen molar-refractivity contribution in [2.75, 3.05) is 7.11 Å². The van der Waals surface area contributed by atoms with Crippen molar-refractivity contribution in [1.82, 2.24) is 0 Å². The summed E-state index contributed by atoms with van der Waals surface area (Å²) in [6, 6.07) is 9.84. The first-order valence-electron chi connectivity index (χ1n) is 5.98. The van der Waals surface area contributed by atoms with E-state index in [1.807, 2.05) is 13.0 Å². The fourth-order valence-corrected chi connectivity index (χ4v) is 2.02. The summed E-state index contributed by atoms with van der Waals surface area (Å²) < 4.78 is 19.1. The van der Waals surface area contributed by atoms with E-state index in [9.17, 15) is 9.18 Å². The van der Waals surface area contributed by atoms with Gasteiger partial charge in [-0.15, -0.1) is 0 Å². The molecule has 2 nitrogen and oxygen atoms in total. The average Bonchev–Trinajstić information content (AvgIpc) is 2.39. The Bertz CT molecular complexity index is 633. The summed E-state index contributed by atoms with van der Waals surface area (Å²) in [4.78, 5) is 11.4. The molecule has 0 heterocycles. The third kappa shape index (κ3) is 2.65. The number of aryl methyl sites for hydroxylation is 1. The van der Waals surface area contributed by atoms with E-state index >= 15 is 0 Å². The fourth-order valence-electron chi connectivity index (χ4n) is 2.02. The maximum absolute atomic E-state index is 13.9. The van der Waals surface area contributed by atoms with Crippen LogP contribution in [-0.4, -0.2) is 12.9 Å². The molecular formula is C16H15FO2. The van der Waals surface area contributed by atoms with E-state index in [2.05, 4.69) is 0 Å². The van der Waals surface area contributed by atoms with Crippen molar-refractivity contribution in [2.24, 2.45) is 0 Å². The Morgan fingerprint density at radius 1 is 1.11 bits per heavy atom. The maximum Gasteiger partial charge on any atom is 0.159 e. The number of rotatable bonds is 3. The van der Waals surface area contributed by atoms with Crippen LogP contribution >= 0.6 is 0 Å². The average molecular weight is 258 g/mol. The van der Waals surface area contributed by atoms with Crippen molar-refractivity contribution in [1.29, 1.82) is 0 Å². The Morgan fingerprint density at radius 3 is 2.42 bits per heavy atom. The number of hydrogen-bond donors (Lipinski definition) is 0. The minimum Gasteiger partial charge on any atom is -0.497 e. The molecule has 2 rings (SSSR count). The Morgan fingerprint density at radius 2 is 1.84 bits per heavy atom. The van der Waals surface area contributed by atoms with Crippen LogP contribution in [-0.2, 0) is 0 Å². The van der Waals surface area contributed by atoms with Crippen LogP contribution < -0.4 is 4.74 Å². The highest BCUT2D eigenvalue weighted by molar-refractivity contribution is 5.95. The molecule has 0 N–H and O–H groups in total. The van der Waals surface area contributed by atoms with Crippen LogP contribution in [0.2, 0.25) is 0 Å². The number of Topliss-reactive ketones (excluding diaryl/α,β-unsaturated/α-hetero) is 1. The van der Waals surface area contributed by atoms with Crippen molar-refractivity contribution in [3.8, 4) is 16.9 Å². The van der Waals surface area contributed by atoms with Crippen LogP contribution in [0.3, 0.4) is 0 Å². The summed E-state index contributed by atoms with van der Waals surface area (Å²) in [7, 11) is 1.59. The van der Waals surface area contributed by atoms with Crippen molar-refractivity contribution in [2.45, 2.75) is 13.8 Å². The second kappa shape index (κ2) is 5.22. The van der Waals surface area contributed by atoms with Gasteiger partial charge in [0.25, 0.3) is 0 Å². The molecular weight excluding hydrogens is 243 g/mol. The van der Waals surface area contributed by atoms with Gasteiger partial charge in [0.15, 0.2) is 5.78 Å². The molecule has 0 unspecified atom stereocenters. The van der Waals surface area contributed by atoms with Gasteiger partial charge in [0.1, 0.15) is 11.6 Å². The normalized spacial score (nSPS) is 10.3. The number of hydrogen-bond acceptors (Lipinski definition) is 2. The second-order valence-corrected chi connectivity index (χ2v) is 4.43. The van der Waals surface area contributed by atoms with Gasteiger partial charge in [-0.1, -0.05) is 6.07 Å². The van der Waals surface area contributed by atoms with Gasteiger partial charge in [0.2, 0.25) is 0 Å². The van der Waals surface area contributed by atoms with E-state index in [4.69, 9.17) is 4.74 Å². The molecule has 3 heteroatoms. The third-order valence-electron chi connectivity index (χ3n) is 3.10. The minimum absolute atomic E-state index is 0.0765. The molecule has 0 saturated carbocycles. The van der Waals surface area contributed by atoms with Gasteiger partial charge >= 0.3 is 0 Å². The van der Waals surface area contributed by atoms with E-state index in [1.54, 1.807) is 25.3 Å². The number of carbonyl (C=O) groups excluding carboxylic acids is 1. The van der Waals surface area contributed by atoms with Gasteiger partial charge in [-0.3, -0.25) is 4.79 Å². The zero-order valence-corrected chi connectivity index (χ0v) is 11.2. The van der Waals surface area contributed by atoms with Gasteiger partial charge in [-0.05, 0) is 55.3 Å². The summed E-state index contributed by atoms with van der Waals surface area (Å²) in [5.74, 6) is 0.315. The quantitative estimate of drug-likeness (QED) is 0.777. The minimum atomic E-state index is -0.335. The van der Waals surface area contributed by atoms with E-state index in [1.165, 1.54) is 19.1 Å². The molecule has 2 aromatic carbocycles. The molecule has 0 atom stereocenters. The van der Waals surface area contributed by atoms with Crippen LogP contribution in [0.15, 0.2) is 36.4 Å². The molecule has 0 radical (unpaired) electrons. The summed E-state index contributed by atoms with van der Waals surface area (Å²) in [5, 5.41) is 0. The Kier molecular flexibility index (Phi) is 3.65. The number of methoxy groups -OCH3 is 1. The lowest BCUT2D eigenvalue weighted by molar-refractivity contribution is 0.101. The molecule has 0 aliphatic heterocycles. The Balaban J connectivity index is 2.58. The third-order valence-corrected chi connectivity index (χ3v) is 3.10. The number of halogens is 1. The highest BCUT2D eigenvalue weighted by atomic mass is 19.1. The monoisotopic (exact) mass is 258 g/mol. The standard InChI is InChI=1S/C16H15FO2/c1-10-8-13(19-3)5-6-14(10)15-9-12(11(2)18)4-7-16(15)17/h4-9H,1-3H3. The summed E-state index contributed by atoms with van der Waals surface area (Å²) in [6.07, 6.45) is 0. The lowest BCUT2D eigenvalue weighted by atomic mass is 9.97. The first-order valence-corrected chi connectivity index (χ1v) is 5.98. The maximum atomic E-state index is 13.9. The molecule has 19 heavy (non-hydrogen) atoms. The zero-order chi connectivity index (χ0) is 14.0. The molecule has 0 saturated heterocycles. The molecule has 0 aliphatic carbocycles. The number of ketones is 1. The van der Waals surface area contributed by atoms with E-state index in [-0.39, 0.29) is 11.6 Å². The molecule has 0 aromatic heterocycles. The Labute approximate surface area is 111 Å². The largest absolute Gasteiger partial charge is 0.497 e. The molecule has 0 bridgehead atoms. The Hall–Kier alpha value is -2.16. The highest BCUT2D eigenvalue weighted by Gasteiger charge is 2.11. The van der Waals surface area contributed by atoms with Crippen LogP contribution in [0.5, 0.6) is 5.75 Å². The van der Waals surface area contributed by atoms with E-state index in [0.717, 1.165) is 16.9 Å². The predicted molar refractivity (Wildman–Crippen MR) is 73.1 cm³/mol. The molecule has 0 fully saturated rings. The van der Waals surface area contributed by atoms with Crippen LogP contribution in [0, 0.1) is 12.7 Å². The molecule has 0 aliphatic rings. The number of benzene rings is 2. The van der Waals surface area contributed by atoms with E-state index in [0.29, 0.717) is 11.1 Å². The molecule has 2 aromatic rings. The van der Waals surface area contributed by atoms with E-state index < -0.39 is 0 Å². The van der Waals surface area contributed by atoms with Gasteiger partial charge in [-0.2, -0.15) is 0 Å². The lowest BCUT2D eigenvalue weighted by Crippen LogP contribution is -1.96. The summed E-state index contributed by atoms with van der Waals surface area (Å²) >= 11 is 0. The highest BCUT2D eigenvalue weighted by Crippen LogP contribution is 2.29. The molecule has 0 amide bonds. The molecule has 0 spiro atoms. The fraction of sp³-hybridized carbons (Fsp3) is 0.188. The first kappa shape index (κ1) is 13.3. The van der Waals surface area contributed by atoms with Gasteiger partial charge in [-0.25, -0.2) is 4.39 Å². The number of ether oxygens (including phenoxy) is 1. The number of carbonyl (C=O) groups is 1. The van der Waals surface area contributed by atoms with Crippen molar-refractivity contribution in [3.05, 3.63) is 53.3 Å². The first-order chi connectivity index (χ1) is 9.02. The zero-order valence-electron chi connectivity index (χ0n) is 11.2. The van der Waals surface area contributed by atoms with Crippen LogP contribution in [0.25, 0.3) is 11.1 Å². The van der Waals surface area contributed by atoms with Gasteiger partial charge < -0.3 is 4.74 Å². The van der Waals surface area contributed by atoms with Gasteiger partial charge in [0, 0.05) is 11.1 Å². The predicted octanol–water partition coefficient (Wildman–Crippen LogP) is 4.01. The lowest BCUT2D eigenvalue weighted by Gasteiger charge is -2.10. The second-order valence-electron chi connectivity index (χ2n) is 4.43. The van der Waals surface area contributed by atoms with Crippen LogP contribution in [0.1, 0.15) is 22.8 Å². The smallest absolute Gasteiger partial charge is 0.159 e. The van der Waals surface area contributed by atoms with Crippen LogP contribution in [0.4, 0.5) is 4.39 Å². The van der Waals surface area contributed by atoms with Crippen molar-refractivity contribution in [3.63, 3.8) is 0 Å². The molecule has 98 valence electrons. The van der Waals surface area contributed by atoms with Crippen molar-refractivity contribution >= 4 is 5.78 Å². The van der Waals surface area contributed by atoms with Gasteiger partial charge in [0.05, 0.1) is 7.11 Å². The SMILES string of the molecule is COc1ccc(-c2cc(C(C)=O)ccc2F)c(C)c1. The van der Waals surface area contributed by atoms with Crippen molar-refractivity contribution < 1.29 is 13.9 Å². The topological polar surface area (TPSA) is 26.3 Å². The summed E-state index contributed by atoms with van der Waals surface area (Å²) in [6.45, 7) is 3.36. The summed E-state index contributed by atoms with van der Waals surface area (Å²) in [5.41, 5.74) is 2.61.